The zero-order valence-corrected chi connectivity index (χ0v) is 12.4. The van der Waals surface area contributed by atoms with Crippen molar-refractivity contribution in [2.75, 3.05) is 0 Å². The summed E-state index contributed by atoms with van der Waals surface area (Å²) in [5, 5.41) is 0. The van der Waals surface area contributed by atoms with E-state index in [1.165, 1.54) is 0 Å². The average Bonchev–Trinajstić information content (AvgIpc) is 0.722. The fourth-order valence-electron chi connectivity index (χ4n) is 0. The summed E-state index contributed by atoms with van der Waals surface area (Å²) < 4.78 is 31.6. The van der Waals surface area contributed by atoms with Crippen LogP contribution in [0.1, 0.15) is 0 Å². The van der Waals surface area contributed by atoms with Gasteiger partial charge in [-0.25, -0.2) is 0 Å². The van der Waals surface area contributed by atoms with Gasteiger partial charge in [0.25, 0.3) is 0 Å². The van der Waals surface area contributed by atoms with Crippen LogP contribution in [0.25, 0.3) is 0 Å². The van der Waals surface area contributed by atoms with Crippen molar-refractivity contribution < 1.29 is 120 Å². The van der Waals surface area contributed by atoms with E-state index in [1.807, 2.05) is 0 Å². The van der Waals surface area contributed by atoms with Gasteiger partial charge < -0.3 is 13.5 Å². The van der Waals surface area contributed by atoms with Crippen LogP contribution < -0.4 is 103 Å². The second-order valence-corrected chi connectivity index (χ2v) is 1.34. The summed E-state index contributed by atoms with van der Waals surface area (Å²) >= 11 is 0. The second-order valence-electron chi connectivity index (χ2n) is 0.448. The summed E-state index contributed by atoms with van der Waals surface area (Å²) in [6.45, 7) is 0. The molecular formula is H2K2O4S2. The van der Waals surface area contributed by atoms with Crippen LogP contribution in [-0.2, 0) is 23.9 Å². The van der Waals surface area contributed by atoms with Crippen LogP contribution in [0, 0.1) is 0 Å². The van der Waals surface area contributed by atoms with Crippen LogP contribution in [-0.4, -0.2) is 17.5 Å². The van der Waals surface area contributed by atoms with E-state index < -0.39 is 10.4 Å². The molecular weight excluding hydrogens is 206 g/mol. The van der Waals surface area contributed by atoms with E-state index >= 15 is 0 Å². The standard InChI is InChI=1S/2K.H2O4S.S/c;;1-5(2,3)4;/h;;(H2,1,2,3,4);/q2*+1;;-2. The van der Waals surface area contributed by atoms with Gasteiger partial charge >= 0.3 is 113 Å². The van der Waals surface area contributed by atoms with Crippen LogP contribution >= 0.6 is 0 Å². The molecule has 8 heteroatoms. The summed E-state index contributed by atoms with van der Waals surface area (Å²) in [4.78, 5) is 0. The molecule has 0 atom stereocenters. The first-order valence-electron chi connectivity index (χ1n) is 0.698. The maximum atomic E-state index is 8.74. The van der Waals surface area contributed by atoms with Crippen molar-refractivity contribution in [1.29, 1.82) is 0 Å². The van der Waals surface area contributed by atoms with Gasteiger partial charge in [0.1, 0.15) is 0 Å². The van der Waals surface area contributed by atoms with Gasteiger partial charge in [0.15, 0.2) is 0 Å². The quantitative estimate of drug-likeness (QED) is 0.307. The number of rotatable bonds is 0. The van der Waals surface area contributed by atoms with Gasteiger partial charge in [-0.15, -0.1) is 0 Å². The van der Waals surface area contributed by atoms with E-state index in [0.717, 1.165) is 0 Å². The van der Waals surface area contributed by atoms with Gasteiger partial charge in [0.2, 0.25) is 0 Å². The van der Waals surface area contributed by atoms with Crippen LogP contribution in [0.15, 0.2) is 0 Å². The minimum Gasteiger partial charge on any atom is -2.00 e. The molecule has 0 fully saturated rings. The molecule has 0 saturated heterocycles. The van der Waals surface area contributed by atoms with E-state index in [2.05, 4.69) is 0 Å². The monoisotopic (exact) mass is 208 g/mol. The Kier molecular flexibility index (Phi) is 29.6. The van der Waals surface area contributed by atoms with E-state index in [9.17, 15) is 0 Å². The van der Waals surface area contributed by atoms with E-state index in [1.54, 1.807) is 0 Å². The Morgan fingerprint density at radius 3 is 1.00 bits per heavy atom. The van der Waals surface area contributed by atoms with E-state index in [4.69, 9.17) is 17.5 Å². The molecule has 0 bridgehead atoms. The number of hydrogen-bond donors (Lipinski definition) is 2. The molecule has 0 aromatic heterocycles. The first-order chi connectivity index (χ1) is 2.00. The molecule has 8 heavy (non-hydrogen) atoms. The SMILES string of the molecule is O=S(=O)(O)O.[K+].[K+].[S-2]. The fraction of sp³-hybridized carbons (Fsp3) is 0. The van der Waals surface area contributed by atoms with Crippen molar-refractivity contribution in [2.45, 2.75) is 0 Å². The Morgan fingerprint density at radius 2 is 1.00 bits per heavy atom. The third kappa shape index (κ3) is 56.1. The zero-order chi connectivity index (χ0) is 4.50. The molecule has 0 rings (SSSR count). The molecule has 0 aromatic carbocycles. The molecule has 0 unspecified atom stereocenters. The molecule has 0 aromatic rings. The molecule has 0 amide bonds. The van der Waals surface area contributed by atoms with Crippen molar-refractivity contribution in [3.63, 3.8) is 0 Å². The molecule has 4 nitrogen and oxygen atoms in total. The Morgan fingerprint density at radius 1 is 1.00 bits per heavy atom. The van der Waals surface area contributed by atoms with Gasteiger partial charge in [0.05, 0.1) is 0 Å². The van der Waals surface area contributed by atoms with Crippen molar-refractivity contribution >= 4 is 23.9 Å². The van der Waals surface area contributed by atoms with Crippen LogP contribution in [0.3, 0.4) is 0 Å². The maximum absolute atomic E-state index is 8.74. The minimum absolute atomic E-state index is 0. The average molecular weight is 208 g/mol. The molecule has 0 saturated carbocycles. The van der Waals surface area contributed by atoms with E-state index in [0.29, 0.717) is 0 Å². The minimum atomic E-state index is -4.67. The third-order valence-corrected chi connectivity index (χ3v) is 0. The second kappa shape index (κ2) is 10.5. The number of hydrogen-bond acceptors (Lipinski definition) is 2. The largest absolute Gasteiger partial charge is 2.00 e. The van der Waals surface area contributed by atoms with Crippen molar-refractivity contribution in [3.05, 3.63) is 0 Å². The Hall–Kier alpha value is 3.49. The summed E-state index contributed by atoms with van der Waals surface area (Å²) in [6.07, 6.45) is 0. The summed E-state index contributed by atoms with van der Waals surface area (Å²) in [5.74, 6) is 0. The third-order valence-electron chi connectivity index (χ3n) is 0. The molecule has 0 radical (unpaired) electrons. The molecule has 0 spiro atoms. The molecule has 0 aliphatic heterocycles. The molecule has 0 aliphatic carbocycles. The van der Waals surface area contributed by atoms with Gasteiger partial charge in [0, 0.05) is 0 Å². The molecule has 0 aliphatic rings. The van der Waals surface area contributed by atoms with Gasteiger partial charge in [-0.05, 0) is 0 Å². The summed E-state index contributed by atoms with van der Waals surface area (Å²) in [5.41, 5.74) is 0. The first kappa shape index (κ1) is 22.5. The van der Waals surface area contributed by atoms with Gasteiger partial charge in [-0.1, -0.05) is 0 Å². The summed E-state index contributed by atoms with van der Waals surface area (Å²) in [6, 6.07) is 0. The molecule has 0 heterocycles. The Labute approximate surface area is 140 Å². The van der Waals surface area contributed by atoms with Crippen LogP contribution in [0.2, 0.25) is 0 Å². The first-order valence-corrected chi connectivity index (χ1v) is 2.10. The van der Waals surface area contributed by atoms with Crippen molar-refractivity contribution in [2.24, 2.45) is 0 Å². The van der Waals surface area contributed by atoms with Gasteiger partial charge in [-0.2, -0.15) is 8.42 Å². The predicted octanol–water partition coefficient (Wildman–Crippen LogP) is -6.65. The molecule has 40 valence electrons. The van der Waals surface area contributed by atoms with Crippen molar-refractivity contribution in [1.82, 2.24) is 0 Å². The fourth-order valence-corrected chi connectivity index (χ4v) is 0. The van der Waals surface area contributed by atoms with Crippen LogP contribution in [0.4, 0.5) is 0 Å². The van der Waals surface area contributed by atoms with E-state index in [-0.39, 0.29) is 116 Å². The maximum Gasteiger partial charge on any atom is 1.00 e. The smallest absolute Gasteiger partial charge is 1.00 e. The Balaban J connectivity index is -0.0000000267. The topological polar surface area (TPSA) is 74.6 Å². The Bertz CT molecular complexity index is 95.2. The van der Waals surface area contributed by atoms with Crippen LogP contribution in [0.5, 0.6) is 0 Å². The van der Waals surface area contributed by atoms with Gasteiger partial charge in [-0.3, -0.25) is 9.11 Å². The normalized spacial score (nSPS) is 7.25. The zero-order valence-electron chi connectivity index (χ0n) is 4.53. The molecule has 2 N–H and O–H groups in total. The summed E-state index contributed by atoms with van der Waals surface area (Å²) in [7, 11) is -4.67. The predicted molar refractivity (Wildman–Crippen MR) is 21.5 cm³/mol. The van der Waals surface area contributed by atoms with Crippen molar-refractivity contribution in [3.8, 4) is 0 Å².